The number of furan rings is 1. The van der Waals surface area contributed by atoms with Gasteiger partial charge in [0.25, 0.3) is 0 Å². The van der Waals surface area contributed by atoms with Crippen LogP contribution < -0.4 is 0 Å². The summed E-state index contributed by atoms with van der Waals surface area (Å²) in [5.74, 6) is 0. The van der Waals surface area contributed by atoms with Gasteiger partial charge in [-0.3, -0.25) is 0 Å². The molecular formula is C36H21NOS. The first-order valence-corrected chi connectivity index (χ1v) is 14.0. The number of hydrogen-bond acceptors (Lipinski definition) is 2. The molecule has 3 heterocycles. The molecular weight excluding hydrogens is 494 g/mol. The fraction of sp³-hybridized carbons (Fsp3) is 0. The fourth-order valence-electron chi connectivity index (χ4n) is 6.32. The van der Waals surface area contributed by atoms with Crippen molar-refractivity contribution in [2.75, 3.05) is 0 Å². The van der Waals surface area contributed by atoms with E-state index >= 15 is 0 Å². The second-order valence-electron chi connectivity index (χ2n) is 10.1. The minimum Gasteiger partial charge on any atom is -0.456 e. The molecule has 0 amide bonds. The number of aromatic nitrogens is 1. The molecule has 182 valence electrons. The Balaban J connectivity index is 1.37. The Labute approximate surface area is 227 Å². The first-order chi connectivity index (χ1) is 19.3. The van der Waals surface area contributed by atoms with Gasteiger partial charge in [-0.05, 0) is 65.7 Å². The van der Waals surface area contributed by atoms with Crippen molar-refractivity contribution in [2.24, 2.45) is 0 Å². The number of fused-ring (bicyclic) bond motifs is 10. The normalized spacial score (nSPS) is 12.1. The highest BCUT2D eigenvalue weighted by molar-refractivity contribution is 7.26. The first kappa shape index (κ1) is 21.1. The van der Waals surface area contributed by atoms with Crippen LogP contribution in [0.3, 0.4) is 0 Å². The van der Waals surface area contributed by atoms with Crippen LogP contribution in [0, 0.1) is 0 Å². The van der Waals surface area contributed by atoms with Crippen LogP contribution in [-0.4, -0.2) is 4.57 Å². The smallest absolute Gasteiger partial charge is 0.136 e. The van der Waals surface area contributed by atoms with E-state index in [9.17, 15) is 0 Å². The van der Waals surface area contributed by atoms with Crippen LogP contribution in [-0.2, 0) is 0 Å². The number of hydrogen-bond donors (Lipinski definition) is 0. The molecule has 39 heavy (non-hydrogen) atoms. The second kappa shape index (κ2) is 7.83. The molecule has 0 unspecified atom stereocenters. The molecule has 9 aromatic rings. The monoisotopic (exact) mass is 515 g/mol. The maximum absolute atomic E-state index is 6.44. The lowest BCUT2D eigenvalue weighted by Gasteiger charge is -2.08. The highest BCUT2D eigenvalue weighted by atomic mass is 32.1. The lowest BCUT2D eigenvalue weighted by Crippen LogP contribution is -1.92. The summed E-state index contributed by atoms with van der Waals surface area (Å²) in [5, 5.41) is 7.52. The molecule has 0 aliphatic carbocycles. The third-order valence-electron chi connectivity index (χ3n) is 8.00. The molecule has 0 atom stereocenters. The van der Waals surface area contributed by atoms with Crippen LogP contribution in [0.1, 0.15) is 0 Å². The van der Waals surface area contributed by atoms with Gasteiger partial charge >= 0.3 is 0 Å². The van der Waals surface area contributed by atoms with Crippen molar-refractivity contribution in [3.63, 3.8) is 0 Å². The molecule has 9 rings (SSSR count). The summed E-state index contributed by atoms with van der Waals surface area (Å²) >= 11 is 1.86. The lowest BCUT2D eigenvalue weighted by molar-refractivity contribution is 0.669. The third-order valence-corrected chi connectivity index (χ3v) is 9.21. The Morgan fingerprint density at radius 2 is 1.28 bits per heavy atom. The summed E-state index contributed by atoms with van der Waals surface area (Å²) in [6, 6.07) is 45.7. The van der Waals surface area contributed by atoms with E-state index in [2.05, 4.69) is 132 Å². The Kier molecular flexibility index (Phi) is 4.24. The van der Waals surface area contributed by atoms with E-state index < -0.39 is 0 Å². The Hall–Kier alpha value is -4.86. The predicted molar refractivity (Wildman–Crippen MR) is 166 cm³/mol. The van der Waals surface area contributed by atoms with Gasteiger partial charge in [-0.25, -0.2) is 0 Å². The van der Waals surface area contributed by atoms with Crippen LogP contribution in [0.5, 0.6) is 0 Å². The van der Waals surface area contributed by atoms with Gasteiger partial charge < -0.3 is 8.98 Å². The van der Waals surface area contributed by atoms with E-state index in [0.29, 0.717) is 0 Å². The van der Waals surface area contributed by atoms with Gasteiger partial charge in [0.15, 0.2) is 0 Å². The topological polar surface area (TPSA) is 18.1 Å². The molecule has 0 spiro atoms. The van der Waals surface area contributed by atoms with Gasteiger partial charge in [-0.15, -0.1) is 11.3 Å². The quantitative estimate of drug-likeness (QED) is 0.224. The zero-order chi connectivity index (χ0) is 25.5. The van der Waals surface area contributed by atoms with Crippen molar-refractivity contribution < 1.29 is 4.42 Å². The molecule has 3 heteroatoms. The van der Waals surface area contributed by atoms with Gasteiger partial charge in [-0.1, -0.05) is 72.8 Å². The third kappa shape index (κ3) is 2.91. The standard InChI is InChI=1S/C36H21NOS/c1-2-9-23(10-3-1)37-29-14-6-4-11-25(29)28-21-22(17-19-30(28)37)24-13-8-15-31-34(24)35-32(38-31)20-18-27-26-12-5-7-16-33(26)39-36(27)35/h1-21H. The van der Waals surface area contributed by atoms with Crippen molar-refractivity contribution in [1.29, 1.82) is 0 Å². The minimum atomic E-state index is 0.930. The Morgan fingerprint density at radius 3 is 2.21 bits per heavy atom. The summed E-state index contributed by atoms with van der Waals surface area (Å²) in [5.41, 5.74) is 7.88. The second-order valence-corrected chi connectivity index (χ2v) is 11.2. The zero-order valence-electron chi connectivity index (χ0n) is 20.9. The Bertz CT molecular complexity index is 2390. The highest BCUT2D eigenvalue weighted by Gasteiger charge is 2.19. The number of benzene rings is 6. The van der Waals surface area contributed by atoms with Crippen LogP contribution in [0.2, 0.25) is 0 Å². The van der Waals surface area contributed by atoms with Gasteiger partial charge in [0, 0.05) is 47.4 Å². The van der Waals surface area contributed by atoms with E-state index in [1.807, 2.05) is 11.3 Å². The zero-order valence-corrected chi connectivity index (χ0v) is 21.7. The van der Waals surface area contributed by atoms with E-state index in [-0.39, 0.29) is 0 Å². The SMILES string of the molecule is c1ccc(-n2c3ccccc3c3cc(-c4cccc5oc6ccc7c8ccccc8sc7c6c45)ccc32)cc1. The number of nitrogens with zero attached hydrogens (tertiary/aromatic N) is 1. The van der Waals surface area contributed by atoms with Crippen molar-refractivity contribution in [1.82, 2.24) is 4.57 Å². The van der Waals surface area contributed by atoms with Crippen molar-refractivity contribution >= 4 is 75.3 Å². The van der Waals surface area contributed by atoms with E-state index in [1.54, 1.807) is 0 Å². The highest BCUT2D eigenvalue weighted by Crippen LogP contribution is 2.45. The molecule has 3 aromatic heterocycles. The van der Waals surface area contributed by atoms with Crippen molar-refractivity contribution in [3.05, 3.63) is 127 Å². The molecule has 0 aliphatic heterocycles. The van der Waals surface area contributed by atoms with E-state index in [0.717, 1.165) is 11.2 Å². The average Bonchev–Trinajstić information content (AvgIpc) is 3.66. The van der Waals surface area contributed by atoms with Crippen molar-refractivity contribution in [2.45, 2.75) is 0 Å². The van der Waals surface area contributed by atoms with Gasteiger partial charge in [0.2, 0.25) is 0 Å². The van der Waals surface area contributed by atoms with E-state index in [1.165, 1.54) is 69.6 Å². The maximum atomic E-state index is 6.44. The summed E-state index contributed by atoms with van der Waals surface area (Å²) in [6.45, 7) is 0. The molecule has 0 fully saturated rings. The Morgan fingerprint density at radius 1 is 0.513 bits per heavy atom. The molecule has 0 aliphatic rings. The fourth-order valence-corrected chi connectivity index (χ4v) is 7.57. The van der Waals surface area contributed by atoms with Crippen LogP contribution >= 0.6 is 11.3 Å². The number of para-hydroxylation sites is 2. The van der Waals surface area contributed by atoms with E-state index in [4.69, 9.17) is 4.42 Å². The molecule has 0 N–H and O–H groups in total. The van der Waals surface area contributed by atoms with Gasteiger partial charge in [-0.2, -0.15) is 0 Å². The van der Waals surface area contributed by atoms with Gasteiger partial charge in [0.1, 0.15) is 11.2 Å². The number of thiophene rings is 1. The van der Waals surface area contributed by atoms with Crippen LogP contribution in [0.4, 0.5) is 0 Å². The van der Waals surface area contributed by atoms with Gasteiger partial charge in [0.05, 0.1) is 11.0 Å². The molecule has 2 nitrogen and oxygen atoms in total. The molecule has 0 saturated carbocycles. The predicted octanol–water partition coefficient (Wildman–Crippen LogP) is 10.7. The van der Waals surface area contributed by atoms with Crippen LogP contribution in [0.25, 0.3) is 80.7 Å². The first-order valence-electron chi connectivity index (χ1n) is 13.2. The largest absolute Gasteiger partial charge is 0.456 e. The lowest BCUT2D eigenvalue weighted by atomic mass is 9.97. The molecule has 0 radical (unpaired) electrons. The number of rotatable bonds is 2. The summed E-state index contributed by atoms with van der Waals surface area (Å²) < 4.78 is 11.4. The summed E-state index contributed by atoms with van der Waals surface area (Å²) in [4.78, 5) is 0. The molecule has 6 aromatic carbocycles. The molecule has 0 bridgehead atoms. The summed E-state index contributed by atoms with van der Waals surface area (Å²) in [6.07, 6.45) is 0. The molecule has 0 saturated heterocycles. The maximum Gasteiger partial charge on any atom is 0.136 e. The van der Waals surface area contributed by atoms with Crippen molar-refractivity contribution in [3.8, 4) is 16.8 Å². The van der Waals surface area contributed by atoms with Crippen LogP contribution in [0.15, 0.2) is 132 Å². The minimum absolute atomic E-state index is 0.930. The summed E-state index contributed by atoms with van der Waals surface area (Å²) in [7, 11) is 0. The average molecular weight is 516 g/mol.